The lowest BCUT2D eigenvalue weighted by atomic mass is 9.81. The first-order valence-electron chi connectivity index (χ1n) is 15.7. The number of aryl methyl sites for hydroxylation is 1. The van der Waals surface area contributed by atoms with Gasteiger partial charge in [-0.25, -0.2) is 0 Å². The van der Waals surface area contributed by atoms with Gasteiger partial charge in [0.05, 0.1) is 5.69 Å². The third-order valence-electron chi connectivity index (χ3n) is 10.1. The second kappa shape index (κ2) is 9.18. The van der Waals surface area contributed by atoms with Crippen molar-refractivity contribution in [1.82, 2.24) is 0 Å². The van der Waals surface area contributed by atoms with Gasteiger partial charge in [-0.1, -0.05) is 135 Å². The van der Waals surface area contributed by atoms with Gasteiger partial charge in [0, 0.05) is 34.0 Å². The topological polar surface area (TPSA) is 3.24 Å². The summed E-state index contributed by atoms with van der Waals surface area (Å²) in [6, 6.07) is 50.0. The van der Waals surface area contributed by atoms with Crippen molar-refractivity contribution < 1.29 is 0 Å². The van der Waals surface area contributed by atoms with Crippen molar-refractivity contribution >= 4 is 38.6 Å². The van der Waals surface area contributed by atoms with Crippen molar-refractivity contribution in [3.8, 4) is 22.3 Å². The summed E-state index contributed by atoms with van der Waals surface area (Å²) < 4.78 is 0. The molecule has 7 aromatic carbocycles. The standard InChI is InChI=1S/C43H33N/c1-27-20-22-35-36(24-27)41(30-21-23-32-31-14-8-9-17-37(31)43(2,3)38(32)26-30)33-15-6-7-16-34(33)42(35)44-39-18-10-4-12-28(39)25-29-13-5-11-19-40(29)44/h4-24,26H,25H2,1-3H3. The van der Waals surface area contributed by atoms with Crippen LogP contribution in [0.15, 0.2) is 133 Å². The molecule has 0 N–H and O–H groups in total. The molecule has 1 aliphatic carbocycles. The van der Waals surface area contributed by atoms with Crippen molar-refractivity contribution in [3.05, 3.63) is 161 Å². The van der Waals surface area contributed by atoms with E-state index in [1.165, 1.54) is 88.7 Å². The second-order valence-corrected chi connectivity index (χ2v) is 13.0. The van der Waals surface area contributed by atoms with Gasteiger partial charge in [0.1, 0.15) is 0 Å². The van der Waals surface area contributed by atoms with E-state index in [4.69, 9.17) is 0 Å². The lowest BCUT2D eigenvalue weighted by Gasteiger charge is -2.35. The molecule has 1 aliphatic heterocycles. The third kappa shape index (κ3) is 3.47. The van der Waals surface area contributed by atoms with Crippen LogP contribution in [0.3, 0.4) is 0 Å². The summed E-state index contributed by atoms with van der Waals surface area (Å²) in [5.41, 5.74) is 15.9. The lowest BCUT2D eigenvalue weighted by Crippen LogP contribution is -2.19. The molecule has 2 aliphatic rings. The van der Waals surface area contributed by atoms with Crippen LogP contribution in [-0.4, -0.2) is 0 Å². The van der Waals surface area contributed by atoms with Crippen LogP contribution in [0.25, 0.3) is 43.8 Å². The number of anilines is 3. The molecule has 0 radical (unpaired) electrons. The van der Waals surface area contributed by atoms with Gasteiger partial charge in [-0.2, -0.15) is 0 Å². The molecule has 0 amide bonds. The van der Waals surface area contributed by atoms with E-state index in [-0.39, 0.29) is 5.41 Å². The first-order chi connectivity index (χ1) is 21.5. The van der Waals surface area contributed by atoms with Crippen LogP contribution < -0.4 is 4.90 Å². The smallest absolute Gasteiger partial charge is 0.0619 e. The molecule has 0 atom stereocenters. The van der Waals surface area contributed by atoms with E-state index >= 15 is 0 Å². The highest BCUT2D eigenvalue weighted by Gasteiger charge is 2.35. The maximum Gasteiger partial charge on any atom is 0.0619 e. The van der Waals surface area contributed by atoms with Crippen LogP contribution in [0.4, 0.5) is 17.1 Å². The van der Waals surface area contributed by atoms with E-state index in [1.54, 1.807) is 0 Å². The molecule has 0 aromatic heterocycles. The van der Waals surface area contributed by atoms with Crippen LogP contribution in [0.1, 0.15) is 41.7 Å². The lowest BCUT2D eigenvalue weighted by molar-refractivity contribution is 0.660. The van der Waals surface area contributed by atoms with Crippen molar-refractivity contribution in [2.24, 2.45) is 0 Å². The van der Waals surface area contributed by atoms with Gasteiger partial charge >= 0.3 is 0 Å². The SMILES string of the molecule is Cc1ccc2c(N3c4ccccc4Cc4ccccc43)c3ccccc3c(-c3ccc4c(c3)C(C)(C)c3ccccc3-4)c2c1. The normalized spacial score (nSPS) is 14.3. The molecule has 9 rings (SSSR count). The molecule has 44 heavy (non-hydrogen) atoms. The Bertz CT molecular complexity index is 2260. The van der Waals surface area contributed by atoms with Gasteiger partial charge in [-0.3, -0.25) is 0 Å². The number of hydrogen-bond donors (Lipinski definition) is 0. The summed E-state index contributed by atoms with van der Waals surface area (Å²) in [4.78, 5) is 2.53. The number of fused-ring (bicyclic) bond motifs is 7. The molecular weight excluding hydrogens is 530 g/mol. The van der Waals surface area contributed by atoms with Gasteiger partial charge in [-0.15, -0.1) is 0 Å². The van der Waals surface area contributed by atoms with Crippen LogP contribution in [0.2, 0.25) is 0 Å². The molecule has 1 nitrogen and oxygen atoms in total. The van der Waals surface area contributed by atoms with Crippen LogP contribution in [0, 0.1) is 6.92 Å². The van der Waals surface area contributed by atoms with Gasteiger partial charge in [-0.05, 0) is 80.4 Å². The molecule has 0 unspecified atom stereocenters. The maximum atomic E-state index is 2.53. The highest BCUT2D eigenvalue weighted by molar-refractivity contribution is 6.22. The van der Waals surface area contributed by atoms with Gasteiger partial charge < -0.3 is 4.90 Å². The van der Waals surface area contributed by atoms with Crippen molar-refractivity contribution in [2.75, 3.05) is 4.90 Å². The molecule has 0 saturated heterocycles. The quantitative estimate of drug-likeness (QED) is 0.189. The second-order valence-electron chi connectivity index (χ2n) is 13.0. The fraction of sp³-hybridized carbons (Fsp3) is 0.116. The molecular formula is C43H33N. The van der Waals surface area contributed by atoms with Crippen LogP contribution in [0.5, 0.6) is 0 Å². The summed E-state index contributed by atoms with van der Waals surface area (Å²) in [6.07, 6.45) is 0.948. The minimum Gasteiger partial charge on any atom is -0.309 e. The molecule has 0 spiro atoms. The third-order valence-corrected chi connectivity index (χ3v) is 10.1. The number of benzene rings is 7. The van der Waals surface area contributed by atoms with Gasteiger partial charge in [0.25, 0.3) is 0 Å². The number of para-hydroxylation sites is 2. The monoisotopic (exact) mass is 563 g/mol. The Hall–Kier alpha value is -5.14. The highest BCUT2D eigenvalue weighted by Crippen LogP contribution is 2.53. The van der Waals surface area contributed by atoms with Gasteiger partial charge in [0.15, 0.2) is 0 Å². The molecule has 0 fully saturated rings. The number of nitrogens with zero attached hydrogens (tertiary/aromatic N) is 1. The molecule has 7 aromatic rings. The fourth-order valence-corrected chi connectivity index (χ4v) is 8.01. The number of rotatable bonds is 2. The summed E-state index contributed by atoms with van der Waals surface area (Å²) in [6.45, 7) is 6.96. The average Bonchev–Trinajstić information content (AvgIpc) is 3.28. The summed E-state index contributed by atoms with van der Waals surface area (Å²) in [5.74, 6) is 0. The maximum absolute atomic E-state index is 2.53. The van der Waals surface area contributed by atoms with E-state index in [0.717, 1.165) is 6.42 Å². The van der Waals surface area contributed by atoms with E-state index in [0.29, 0.717) is 0 Å². The molecule has 0 saturated carbocycles. The van der Waals surface area contributed by atoms with Crippen molar-refractivity contribution in [3.63, 3.8) is 0 Å². The molecule has 210 valence electrons. The first kappa shape index (κ1) is 25.4. The predicted octanol–water partition coefficient (Wildman–Crippen LogP) is 11.6. The summed E-state index contributed by atoms with van der Waals surface area (Å²) in [5, 5.41) is 5.13. The zero-order valence-corrected chi connectivity index (χ0v) is 25.4. The predicted molar refractivity (Wildman–Crippen MR) is 187 cm³/mol. The first-order valence-corrected chi connectivity index (χ1v) is 15.7. The minimum atomic E-state index is -0.0510. The Morgan fingerprint density at radius 3 is 1.91 bits per heavy atom. The molecule has 1 heterocycles. The van der Waals surface area contributed by atoms with Crippen molar-refractivity contribution in [1.29, 1.82) is 0 Å². The molecule has 0 bridgehead atoms. The Kier molecular flexibility index (Phi) is 5.29. The van der Waals surface area contributed by atoms with Gasteiger partial charge in [0.2, 0.25) is 0 Å². The largest absolute Gasteiger partial charge is 0.309 e. The van der Waals surface area contributed by atoms with Crippen LogP contribution in [-0.2, 0) is 11.8 Å². The zero-order chi connectivity index (χ0) is 29.6. The zero-order valence-electron chi connectivity index (χ0n) is 25.4. The van der Waals surface area contributed by atoms with E-state index < -0.39 is 0 Å². The Labute approximate surface area is 259 Å². The minimum absolute atomic E-state index is 0.0510. The summed E-state index contributed by atoms with van der Waals surface area (Å²) in [7, 11) is 0. The Morgan fingerprint density at radius 1 is 0.523 bits per heavy atom. The summed E-state index contributed by atoms with van der Waals surface area (Å²) >= 11 is 0. The Balaban J connectivity index is 1.38. The molecule has 1 heteroatoms. The Morgan fingerprint density at radius 2 is 1.14 bits per heavy atom. The van der Waals surface area contributed by atoms with Crippen LogP contribution >= 0.6 is 0 Å². The fourth-order valence-electron chi connectivity index (χ4n) is 8.01. The van der Waals surface area contributed by atoms with E-state index in [2.05, 4.69) is 159 Å². The number of hydrogen-bond acceptors (Lipinski definition) is 1. The van der Waals surface area contributed by atoms with E-state index in [1.807, 2.05) is 0 Å². The average molecular weight is 564 g/mol. The highest BCUT2D eigenvalue weighted by atomic mass is 15.2. The van der Waals surface area contributed by atoms with Crippen molar-refractivity contribution in [2.45, 2.75) is 32.6 Å². The van der Waals surface area contributed by atoms with E-state index in [9.17, 15) is 0 Å².